The van der Waals surface area contributed by atoms with Crippen LogP contribution in [0, 0.1) is 5.92 Å². The number of hydrogen-bond acceptors (Lipinski definition) is 4. The Labute approximate surface area is 121 Å². The van der Waals surface area contributed by atoms with Gasteiger partial charge in [0.2, 0.25) is 0 Å². The van der Waals surface area contributed by atoms with Gasteiger partial charge < -0.3 is 15.5 Å². The van der Waals surface area contributed by atoms with Gasteiger partial charge >= 0.3 is 0 Å². The number of nitrogens with zero attached hydrogens (tertiary/aromatic N) is 1. The third-order valence-electron chi connectivity index (χ3n) is 3.86. The zero-order valence-corrected chi connectivity index (χ0v) is 12.5. The highest BCUT2D eigenvalue weighted by atomic mass is 16.3. The Bertz CT molecular complexity index is 434. The predicted molar refractivity (Wildman–Crippen MR) is 80.9 cm³/mol. The first-order chi connectivity index (χ1) is 9.54. The standard InChI is InChI=1S/C16H26N2O2/c1-12(2)17-9-14-4-3-7-18(11-14)10-13-5-6-15(19)16(20)8-13/h5-6,8,12,14,17,19-20H,3-4,7,9-11H2,1-2H3. The molecule has 1 atom stereocenters. The molecule has 0 radical (unpaired) electrons. The lowest BCUT2D eigenvalue weighted by molar-refractivity contribution is 0.164. The van der Waals surface area contributed by atoms with Crippen LogP contribution in [0.15, 0.2) is 18.2 Å². The molecule has 1 aromatic rings. The summed E-state index contributed by atoms with van der Waals surface area (Å²) in [4.78, 5) is 2.43. The monoisotopic (exact) mass is 278 g/mol. The largest absolute Gasteiger partial charge is 0.504 e. The first kappa shape index (κ1) is 15.1. The molecule has 112 valence electrons. The Hall–Kier alpha value is -1.26. The van der Waals surface area contributed by atoms with Gasteiger partial charge in [-0.15, -0.1) is 0 Å². The van der Waals surface area contributed by atoms with E-state index in [1.165, 1.54) is 12.8 Å². The lowest BCUT2D eigenvalue weighted by atomic mass is 9.97. The summed E-state index contributed by atoms with van der Waals surface area (Å²) < 4.78 is 0. The average molecular weight is 278 g/mol. The molecule has 1 aromatic carbocycles. The molecule has 4 heteroatoms. The minimum atomic E-state index is -0.0496. The first-order valence-corrected chi connectivity index (χ1v) is 7.51. The molecule has 1 heterocycles. The molecule has 2 rings (SSSR count). The summed E-state index contributed by atoms with van der Waals surface area (Å²) in [5.41, 5.74) is 1.05. The van der Waals surface area contributed by atoms with Crippen LogP contribution in [-0.2, 0) is 6.54 Å². The van der Waals surface area contributed by atoms with Gasteiger partial charge in [0, 0.05) is 19.1 Å². The van der Waals surface area contributed by atoms with Crippen molar-refractivity contribution in [3.8, 4) is 11.5 Å². The molecule has 0 bridgehead atoms. The molecule has 0 aliphatic carbocycles. The van der Waals surface area contributed by atoms with Gasteiger partial charge in [0.15, 0.2) is 11.5 Å². The number of phenolic OH excluding ortho intramolecular Hbond substituents is 2. The minimum absolute atomic E-state index is 0.0301. The van der Waals surface area contributed by atoms with Crippen LogP contribution in [0.4, 0.5) is 0 Å². The Morgan fingerprint density at radius 3 is 2.80 bits per heavy atom. The maximum absolute atomic E-state index is 9.55. The van der Waals surface area contributed by atoms with Crippen molar-refractivity contribution in [1.29, 1.82) is 0 Å². The van der Waals surface area contributed by atoms with Crippen molar-refractivity contribution in [3.63, 3.8) is 0 Å². The molecule has 4 nitrogen and oxygen atoms in total. The van der Waals surface area contributed by atoms with Crippen molar-refractivity contribution in [2.45, 2.75) is 39.3 Å². The third-order valence-corrected chi connectivity index (χ3v) is 3.86. The van der Waals surface area contributed by atoms with Crippen LogP contribution in [0.25, 0.3) is 0 Å². The van der Waals surface area contributed by atoms with Crippen molar-refractivity contribution in [2.75, 3.05) is 19.6 Å². The Kier molecular flexibility index (Phi) is 5.26. The second-order valence-electron chi connectivity index (χ2n) is 6.13. The normalized spacial score (nSPS) is 20.4. The van der Waals surface area contributed by atoms with E-state index in [2.05, 4.69) is 24.1 Å². The van der Waals surface area contributed by atoms with E-state index in [9.17, 15) is 10.2 Å². The number of likely N-dealkylation sites (tertiary alicyclic amines) is 1. The Balaban J connectivity index is 1.87. The van der Waals surface area contributed by atoms with E-state index in [0.29, 0.717) is 12.0 Å². The van der Waals surface area contributed by atoms with Gasteiger partial charge in [-0.3, -0.25) is 4.90 Å². The molecule has 20 heavy (non-hydrogen) atoms. The minimum Gasteiger partial charge on any atom is -0.504 e. The summed E-state index contributed by atoms with van der Waals surface area (Å²) in [7, 11) is 0. The molecular formula is C16H26N2O2. The zero-order chi connectivity index (χ0) is 14.5. The predicted octanol–water partition coefficient (Wildman–Crippen LogP) is 2.31. The topological polar surface area (TPSA) is 55.7 Å². The number of phenols is 2. The second kappa shape index (κ2) is 6.95. The molecule has 1 unspecified atom stereocenters. The van der Waals surface area contributed by atoms with Crippen molar-refractivity contribution in [3.05, 3.63) is 23.8 Å². The molecule has 0 amide bonds. The van der Waals surface area contributed by atoms with E-state index in [-0.39, 0.29) is 11.5 Å². The van der Waals surface area contributed by atoms with Gasteiger partial charge in [-0.25, -0.2) is 0 Å². The van der Waals surface area contributed by atoms with Gasteiger partial charge in [0.05, 0.1) is 0 Å². The zero-order valence-electron chi connectivity index (χ0n) is 12.5. The van der Waals surface area contributed by atoms with Gasteiger partial charge in [-0.2, -0.15) is 0 Å². The highest BCUT2D eigenvalue weighted by molar-refractivity contribution is 5.40. The van der Waals surface area contributed by atoms with Crippen LogP contribution in [-0.4, -0.2) is 40.8 Å². The summed E-state index contributed by atoms with van der Waals surface area (Å²) in [6.07, 6.45) is 2.52. The van der Waals surface area contributed by atoms with Crippen molar-refractivity contribution >= 4 is 0 Å². The molecular weight excluding hydrogens is 252 g/mol. The van der Waals surface area contributed by atoms with Crippen LogP contribution < -0.4 is 5.32 Å². The average Bonchev–Trinajstić information content (AvgIpc) is 2.41. The van der Waals surface area contributed by atoms with Gasteiger partial charge in [-0.1, -0.05) is 19.9 Å². The molecule has 3 N–H and O–H groups in total. The van der Waals surface area contributed by atoms with E-state index < -0.39 is 0 Å². The third kappa shape index (κ3) is 4.39. The molecule has 0 saturated carbocycles. The SMILES string of the molecule is CC(C)NCC1CCCN(Cc2ccc(O)c(O)c2)C1. The molecule has 1 aliphatic rings. The number of piperidine rings is 1. The molecule has 0 aromatic heterocycles. The molecule has 1 aliphatic heterocycles. The summed E-state index contributed by atoms with van der Waals surface area (Å²) in [6, 6.07) is 5.64. The summed E-state index contributed by atoms with van der Waals surface area (Å²) in [5.74, 6) is 0.626. The molecule has 1 saturated heterocycles. The number of nitrogens with one attached hydrogen (secondary N) is 1. The first-order valence-electron chi connectivity index (χ1n) is 7.51. The van der Waals surface area contributed by atoms with Crippen LogP contribution in [0.3, 0.4) is 0 Å². The van der Waals surface area contributed by atoms with Crippen molar-refractivity contribution in [1.82, 2.24) is 10.2 Å². The number of rotatable bonds is 5. The number of hydrogen-bond donors (Lipinski definition) is 3. The lowest BCUT2D eigenvalue weighted by Gasteiger charge is -2.33. The second-order valence-corrected chi connectivity index (χ2v) is 6.13. The van der Waals surface area contributed by atoms with Gasteiger partial charge in [0.25, 0.3) is 0 Å². The highest BCUT2D eigenvalue weighted by Gasteiger charge is 2.20. The quantitative estimate of drug-likeness (QED) is 0.724. The fraction of sp³-hybridized carbons (Fsp3) is 0.625. The summed E-state index contributed by atoms with van der Waals surface area (Å²) in [5, 5.41) is 22.4. The maximum atomic E-state index is 9.55. The maximum Gasteiger partial charge on any atom is 0.157 e. The Morgan fingerprint density at radius 2 is 2.10 bits per heavy atom. The number of aromatic hydroxyl groups is 2. The van der Waals surface area contributed by atoms with Crippen molar-refractivity contribution in [2.24, 2.45) is 5.92 Å². The van der Waals surface area contributed by atoms with Crippen LogP contribution in [0.5, 0.6) is 11.5 Å². The van der Waals surface area contributed by atoms with Crippen LogP contribution in [0.2, 0.25) is 0 Å². The van der Waals surface area contributed by atoms with Crippen LogP contribution >= 0.6 is 0 Å². The number of benzene rings is 1. The fourth-order valence-corrected chi connectivity index (χ4v) is 2.79. The lowest BCUT2D eigenvalue weighted by Crippen LogP contribution is -2.40. The van der Waals surface area contributed by atoms with E-state index in [0.717, 1.165) is 31.7 Å². The summed E-state index contributed by atoms with van der Waals surface area (Å²) in [6.45, 7) is 8.49. The van der Waals surface area contributed by atoms with E-state index >= 15 is 0 Å². The fourth-order valence-electron chi connectivity index (χ4n) is 2.79. The highest BCUT2D eigenvalue weighted by Crippen LogP contribution is 2.26. The van der Waals surface area contributed by atoms with E-state index in [1.54, 1.807) is 12.1 Å². The van der Waals surface area contributed by atoms with E-state index in [1.807, 2.05) is 6.07 Å². The summed E-state index contributed by atoms with van der Waals surface area (Å²) >= 11 is 0. The van der Waals surface area contributed by atoms with Gasteiger partial charge in [-0.05, 0) is 49.5 Å². The van der Waals surface area contributed by atoms with Gasteiger partial charge in [0.1, 0.15) is 0 Å². The smallest absolute Gasteiger partial charge is 0.157 e. The Morgan fingerprint density at radius 1 is 1.30 bits per heavy atom. The molecule has 1 fully saturated rings. The van der Waals surface area contributed by atoms with E-state index in [4.69, 9.17) is 0 Å². The van der Waals surface area contributed by atoms with Crippen LogP contribution in [0.1, 0.15) is 32.3 Å². The van der Waals surface area contributed by atoms with Crippen molar-refractivity contribution < 1.29 is 10.2 Å². The molecule has 0 spiro atoms.